The van der Waals surface area contributed by atoms with Gasteiger partial charge in [-0.15, -0.1) is 0 Å². The molecule has 0 bridgehead atoms. The van der Waals surface area contributed by atoms with E-state index < -0.39 is 10.2 Å². The molecule has 1 aromatic carbocycles. The maximum Gasteiger partial charge on any atom is 0.301 e. The number of rotatable bonds is 5. The zero-order valence-electron chi connectivity index (χ0n) is 13.9. The topological polar surface area (TPSA) is 52.7 Å². The molecule has 0 radical (unpaired) electrons. The maximum absolute atomic E-state index is 12.5. The first-order valence-electron chi connectivity index (χ1n) is 7.86. The van der Waals surface area contributed by atoms with Gasteiger partial charge in [-0.1, -0.05) is 31.5 Å². The van der Waals surface area contributed by atoms with Gasteiger partial charge in [0.15, 0.2) is 0 Å². The first-order chi connectivity index (χ1) is 10.3. The highest BCUT2D eigenvalue weighted by molar-refractivity contribution is 7.90. The fourth-order valence-corrected chi connectivity index (χ4v) is 4.05. The van der Waals surface area contributed by atoms with Gasteiger partial charge in [0.25, 0.3) is 0 Å². The van der Waals surface area contributed by atoms with Crippen LogP contribution in [-0.2, 0) is 10.2 Å². The highest BCUT2D eigenvalue weighted by Crippen LogP contribution is 2.17. The molecule has 6 heteroatoms. The summed E-state index contributed by atoms with van der Waals surface area (Å²) >= 11 is 0. The molecule has 1 atom stereocenters. The van der Waals surface area contributed by atoms with Gasteiger partial charge in [0, 0.05) is 37.9 Å². The molecule has 1 fully saturated rings. The molecule has 0 spiro atoms. The Labute approximate surface area is 134 Å². The van der Waals surface area contributed by atoms with Gasteiger partial charge in [-0.05, 0) is 31.9 Å². The number of nitrogens with zero attached hydrogens (tertiary/aromatic N) is 2. The Kier molecular flexibility index (Phi) is 5.47. The molecule has 0 amide bonds. The summed E-state index contributed by atoms with van der Waals surface area (Å²) in [5, 5.41) is 0. The number of piperazine rings is 1. The normalized spacial score (nSPS) is 21.2. The quantitative estimate of drug-likeness (QED) is 0.904. The van der Waals surface area contributed by atoms with Crippen LogP contribution in [0.2, 0.25) is 0 Å². The van der Waals surface area contributed by atoms with Crippen molar-refractivity contribution in [2.45, 2.75) is 33.7 Å². The van der Waals surface area contributed by atoms with E-state index in [2.05, 4.69) is 30.4 Å². The van der Waals surface area contributed by atoms with Gasteiger partial charge < -0.3 is 0 Å². The van der Waals surface area contributed by atoms with E-state index in [1.165, 1.54) is 0 Å². The van der Waals surface area contributed by atoms with Crippen molar-refractivity contribution in [3.05, 3.63) is 29.8 Å². The summed E-state index contributed by atoms with van der Waals surface area (Å²) < 4.78 is 29.2. The van der Waals surface area contributed by atoms with Gasteiger partial charge >= 0.3 is 10.2 Å². The van der Waals surface area contributed by atoms with E-state index in [9.17, 15) is 8.42 Å². The van der Waals surface area contributed by atoms with Crippen LogP contribution in [-0.4, -0.2) is 49.8 Å². The maximum atomic E-state index is 12.5. The molecule has 0 aliphatic carbocycles. The van der Waals surface area contributed by atoms with Gasteiger partial charge in [-0.2, -0.15) is 12.7 Å². The van der Waals surface area contributed by atoms with E-state index in [1.54, 1.807) is 16.4 Å². The second-order valence-corrected chi connectivity index (χ2v) is 8.24. The van der Waals surface area contributed by atoms with Crippen LogP contribution >= 0.6 is 0 Å². The predicted octanol–water partition coefficient (Wildman–Crippen LogP) is 2.31. The minimum absolute atomic E-state index is 0.241. The van der Waals surface area contributed by atoms with Crippen molar-refractivity contribution in [3.63, 3.8) is 0 Å². The molecule has 0 aromatic heterocycles. The van der Waals surface area contributed by atoms with Crippen LogP contribution in [0.1, 0.15) is 26.3 Å². The van der Waals surface area contributed by atoms with Gasteiger partial charge in [0.1, 0.15) is 0 Å². The van der Waals surface area contributed by atoms with E-state index in [1.807, 2.05) is 19.1 Å². The smallest absolute Gasteiger partial charge is 0.298 e. The molecule has 1 N–H and O–H groups in total. The molecular formula is C16H27N3O2S. The molecule has 22 heavy (non-hydrogen) atoms. The summed E-state index contributed by atoms with van der Waals surface area (Å²) in [7, 11) is -3.48. The zero-order chi connectivity index (χ0) is 16.3. The number of hydrogen-bond donors (Lipinski definition) is 1. The summed E-state index contributed by atoms with van der Waals surface area (Å²) in [5.74, 6) is 0.594. The molecule has 124 valence electrons. The summed E-state index contributed by atoms with van der Waals surface area (Å²) in [6.07, 6.45) is 0. The monoisotopic (exact) mass is 325 g/mol. The third kappa shape index (κ3) is 4.44. The van der Waals surface area contributed by atoms with Crippen molar-refractivity contribution in [2.75, 3.05) is 30.9 Å². The molecule has 1 heterocycles. The average Bonchev–Trinajstić information content (AvgIpc) is 2.43. The molecule has 0 saturated carbocycles. The van der Waals surface area contributed by atoms with Crippen molar-refractivity contribution < 1.29 is 8.42 Å². The zero-order valence-corrected chi connectivity index (χ0v) is 14.7. The van der Waals surface area contributed by atoms with Crippen LogP contribution in [0.5, 0.6) is 0 Å². The van der Waals surface area contributed by atoms with E-state index in [0.29, 0.717) is 24.7 Å². The van der Waals surface area contributed by atoms with E-state index >= 15 is 0 Å². The average molecular weight is 325 g/mol. The summed E-state index contributed by atoms with van der Waals surface area (Å²) in [5.41, 5.74) is 1.72. The van der Waals surface area contributed by atoms with Crippen molar-refractivity contribution >= 4 is 15.9 Å². The van der Waals surface area contributed by atoms with Crippen LogP contribution < -0.4 is 4.72 Å². The number of aryl methyl sites for hydroxylation is 1. The summed E-state index contributed by atoms with van der Waals surface area (Å²) in [4.78, 5) is 2.36. The fraction of sp³-hybridized carbons (Fsp3) is 0.625. The number of benzene rings is 1. The summed E-state index contributed by atoms with van der Waals surface area (Å²) in [6.45, 7) is 11.3. The Balaban J connectivity index is 2.00. The van der Waals surface area contributed by atoms with Crippen LogP contribution in [0.3, 0.4) is 0 Å². The van der Waals surface area contributed by atoms with Crippen LogP contribution in [0.15, 0.2) is 24.3 Å². The Hall–Kier alpha value is -1.11. The Morgan fingerprint density at radius 3 is 2.41 bits per heavy atom. The molecule has 1 aromatic rings. The third-order valence-corrected chi connectivity index (χ3v) is 5.47. The molecule has 1 saturated heterocycles. The van der Waals surface area contributed by atoms with Crippen molar-refractivity contribution in [1.82, 2.24) is 9.21 Å². The third-order valence-electron chi connectivity index (χ3n) is 3.97. The first kappa shape index (κ1) is 17.2. The number of nitrogens with one attached hydrogen (secondary N) is 1. The minimum atomic E-state index is -3.48. The fourth-order valence-electron chi connectivity index (χ4n) is 2.76. The van der Waals surface area contributed by atoms with Gasteiger partial charge in [0.05, 0.1) is 0 Å². The van der Waals surface area contributed by atoms with Gasteiger partial charge in [-0.25, -0.2) is 0 Å². The van der Waals surface area contributed by atoms with Crippen molar-refractivity contribution in [1.29, 1.82) is 0 Å². The predicted molar refractivity (Wildman–Crippen MR) is 91.2 cm³/mol. The lowest BCUT2D eigenvalue weighted by Gasteiger charge is -2.39. The van der Waals surface area contributed by atoms with Crippen LogP contribution in [0, 0.1) is 12.8 Å². The van der Waals surface area contributed by atoms with Gasteiger partial charge in [-0.3, -0.25) is 9.62 Å². The van der Waals surface area contributed by atoms with Crippen molar-refractivity contribution in [2.24, 2.45) is 5.92 Å². The SMILES string of the molecule is Cc1ccc(NS(=O)(=O)N2CCN(CC(C)C)[C@@H](C)C2)cc1. The standard InChI is InChI=1S/C16H27N3O2S/c1-13(2)11-18-9-10-19(12-15(18)4)22(20,21)17-16-7-5-14(3)6-8-16/h5-8,13,15,17H,9-12H2,1-4H3/t15-/m0/s1. The molecule has 0 unspecified atom stereocenters. The van der Waals surface area contributed by atoms with E-state index in [4.69, 9.17) is 0 Å². The van der Waals surface area contributed by atoms with E-state index in [0.717, 1.165) is 18.7 Å². The lowest BCUT2D eigenvalue weighted by atomic mass is 10.1. The van der Waals surface area contributed by atoms with Crippen LogP contribution in [0.25, 0.3) is 0 Å². The second-order valence-electron chi connectivity index (χ2n) is 6.57. The second kappa shape index (κ2) is 6.98. The van der Waals surface area contributed by atoms with Crippen LogP contribution in [0.4, 0.5) is 5.69 Å². The molecule has 1 aliphatic heterocycles. The highest BCUT2D eigenvalue weighted by atomic mass is 32.2. The highest BCUT2D eigenvalue weighted by Gasteiger charge is 2.31. The van der Waals surface area contributed by atoms with Gasteiger partial charge in [0.2, 0.25) is 0 Å². The molecule has 2 rings (SSSR count). The molecule has 5 nitrogen and oxygen atoms in total. The largest absolute Gasteiger partial charge is 0.301 e. The molecular weight excluding hydrogens is 298 g/mol. The summed E-state index contributed by atoms with van der Waals surface area (Å²) in [6, 6.07) is 7.64. The van der Waals surface area contributed by atoms with E-state index in [-0.39, 0.29) is 6.04 Å². The lowest BCUT2D eigenvalue weighted by Crippen LogP contribution is -2.55. The molecule has 1 aliphatic rings. The number of anilines is 1. The minimum Gasteiger partial charge on any atom is -0.298 e. The lowest BCUT2D eigenvalue weighted by molar-refractivity contribution is 0.116. The Morgan fingerprint density at radius 1 is 1.23 bits per heavy atom. The van der Waals surface area contributed by atoms with Crippen molar-refractivity contribution in [3.8, 4) is 0 Å². The Morgan fingerprint density at radius 2 is 1.86 bits per heavy atom. The number of hydrogen-bond acceptors (Lipinski definition) is 3. The Bertz CT molecular complexity index is 584. The first-order valence-corrected chi connectivity index (χ1v) is 9.30.